The lowest BCUT2D eigenvalue weighted by Crippen LogP contribution is -2.43. The van der Waals surface area contributed by atoms with Crippen LogP contribution >= 0.6 is 0 Å². The number of nitrogens with one attached hydrogen (secondary N) is 1. The molecule has 0 aliphatic carbocycles. The van der Waals surface area contributed by atoms with Crippen LogP contribution in [0.2, 0.25) is 0 Å². The lowest BCUT2D eigenvalue weighted by molar-refractivity contribution is 0.580. The Balaban J connectivity index is 0.000000371. The highest BCUT2D eigenvalue weighted by Crippen LogP contribution is 2.29. The van der Waals surface area contributed by atoms with Gasteiger partial charge in [-0.15, -0.1) is 0 Å². The van der Waals surface area contributed by atoms with Crippen LogP contribution in [0.25, 0.3) is 0 Å². The van der Waals surface area contributed by atoms with Gasteiger partial charge in [0.25, 0.3) is 0 Å². The van der Waals surface area contributed by atoms with E-state index < -0.39 is 0 Å². The van der Waals surface area contributed by atoms with Crippen LogP contribution in [-0.4, -0.2) is 25.2 Å². The van der Waals surface area contributed by atoms with Crippen molar-refractivity contribution in [2.45, 2.75) is 53.1 Å². The zero-order chi connectivity index (χ0) is 13.5. The molecular weight excluding hydrogens is 220 g/mol. The maximum Gasteiger partial charge on any atom is 0.0430 e. The standard InChI is InChI=1S/C12H16N2.2C2H6/c1-9-2-4-11(5-3-9)14-8-10-6-12(14)7-13-10;2*1-2/h2-5,10,12-13H,6-8H2,1H3;2*1-2H3/t10?,12-;;/m1../s1. The predicted molar refractivity (Wildman–Crippen MR) is 81.4 cm³/mol. The highest BCUT2D eigenvalue weighted by Gasteiger charge is 2.37. The van der Waals surface area contributed by atoms with Crippen molar-refractivity contribution in [2.75, 3.05) is 18.0 Å². The topological polar surface area (TPSA) is 15.3 Å². The maximum absolute atomic E-state index is 3.53. The molecule has 0 saturated carbocycles. The minimum Gasteiger partial charge on any atom is -0.366 e. The summed E-state index contributed by atoms with van der Waals surface area (Å²) in [7, 11) is 0. The van der Waals surface area contributed by atoms with E-state index in [1.54, 1.807) is 0 Å². The van der Waals surface area contributed by atoms with Crippen molar-refractivity contribution in [1.82, 2.24) is 5.32 Å². The third-order valence-electron chi connectivity index (χ3n) is 3.42. The predicted octanol–water partition coefficient (Wildman–Crippen LogP) is 3.60. The molecule has 2 heteroatoms. The van der Waals surface area contributed by atoms with Gasteiger partial charge in [0.15, 0.2) is 0 Å². The molecule has 2 bridgehead atoms. The van der Waals surface area contributed by atoms with E-state index in [0.29, 0.717) is 0 Å². The van der Waals surface area contributed by atoms with Gasteiger partial charge >= 0.3 is 0 Å². The number of piperazine rings is 1. The van der Waals surface area contributed by atoms with Crippen molar-refractivity contribution >= 4 is 5.69 Å². The SMILES string of the molecule is CC.CC.Cc1ccc(N2CC3C[C@@H]2CN3)cc1. The van der Waals surface area contributed by atoms with Gasteiger partial charge < -0.3 is 10.2 Å². The molecular formula is C16H28N2. The van der Waals surface area contributed by atoms with E-state index in [0.717, 1.165) is 12.1 Å². The molecule has 0 spiro atoms. The van der Waals surface area contributed by atoms with Gasteiger partial charge in [0.1, 0.15) is 0 Å². The van der Waals surface area contributed by atoms with E-state index in [2.05, 4.69) is 41.4 Å². The Bertz CT molecular complexity index is 331. The fourth-order valence-corrected chi connectivity index (χ4v) is 2.61. The molecule has 2 fully saturated rings. The molecule has 1 unspecified atom stereocenters. The summed E-state index contributed by atoms with van der Waals surface area (Å²) in [6, 6.07) is 10.4. The molecule has 3 rings (SSSR count). The van der Waals surface area contributed by atoms with Crippen LogP contribution in [0, 0.1) is 6.92 Å². The summed E-state index contributed by atoms with van der Waals surface area (Å²) in [6.45, 7) is 12.5. The van der Waals surface area contributed by atoms with E-state index >= 15 is 0 Å². The average molecular weight is 248 g/mol. The molecule has 0 amide bonds. The first-order valence-electron chi connectivity index (χ1n) is 7.39. The Hall–Kier alpha value is -1.02. The first kappa shape index (κ1) is 15.0. The van der Waals surface area contributed by atoms with Crippen LogP contribution in [0.15, 0.2) is 24.3 Å². The van der Waals surface area contributed by atoms with E-state index in [4.69, 9.17) is 0 Å². The van der Waals surface area contributed by atoms with E-state index in [9.17, 15) is 0 Å². The zero-order valence-electron chi connectivity index (χ0n) is 12.5. The van der Waals surface area contributed by atoms with Crippen LogP contribution in [0.5, 0.6) is 0 Å². The summed E-state index contributed by atoms with van der Waals surface area (Å²) >= 11 is 0. The van der Waals surface area contributed by atoms with Gasteiger partial charge in [0.2, 0.25) is 0 Å². The van der Waals surface area contributed by atoms with Crippen LogP contribution < -0.4 is 10.2 Å². The third kappa shape index (κ3) is 3.26. The number of hydrogen-bond acceptors (Lipinski definition) is 2. The molecule has 2 atom stereocenters. The van der Waals surface area contributed by atoms with Gasteiger partial charge in [-0.25, -0.2) is 0 Å². The summed E-state index contributed by atoms with van der Waals surface area (Å²) in [5.74, 6) is 0. The molecule has 1 aromatic rings. The molecule has 1 aromatic carbocycles. The number of benzene rings is 1. The second-order valence-corrected chi connectivity index (χ2v) is 4.48. The van der Waals surface area contributed by atoms with E-state index in [1.165, 1.54) is 30.8 Å². The van der Waals surface area contributed by atoms with Gasteiger partial charge in [-0.2, -0.15) is 0 Å². The summed E-state index contributed by atoms with van der Waals surface area (Å²) in [4.78, 5) is 2.54. The summed E-state index contributed by atoms with van der Waals surface area (Å²) < 4.78 is 0. The van der Waals surface area contributed by atoms with Gasteiger partial charge in [-0.3, -0.25) is 0 Å². The molecule has 0 aromatic heterocycles. The molecule has 18 heavy (non-hydrogen) atoms. The van der Waals surface area contributed by atoms with E-state index in [-0.39, 0.29) is 0 Å². The third-order valence-corrected chi connectivity index (χ3v) is 3.42. The fraction of sp³-hybridized carbons (Fsp3) is 0.625. The summed E-state index contributed by atoms with van der Waals surface area (Å²) in [5, 5.41) is 3.53. The zero-order valence-corrected chi connectivity index (χ0v) is 12.5. The summed E-state index contributed by atoms with van der Waals surface area (Å²) in [5.41, 5.74) is 2.74. The monoisotopic (exact) mass is 248 g/mol. The van der Waals surface area contributed by atoms with Crippen molar-refractivity contribution in [3.05, 3.63) is 29.8 Å². The second kappa shape index (κ2) is 7.42. The smallest absolute Gasteiger partial charge is 0.0430 e. The van der Waals surface area contributed by atoms with Crippen molar-refractivity contribution in [3.63, 3.8) is 0 Å². The number of hydrogen-bond donors (Lipinski definition) is 1. The Morgan fingerprint density at radius 3 is 2.11 bits per heavy atom. The maximum atomic E-state index is 3.53. The van der Waals surface area contributed by atoms with Crippen molar-refractivity contribution in [3.8, 4) is 0 Å². The number of fused-ring (bicyclic) bond motifs is 2. The Labute approximate surface area is 112 Å². The normalized spacial score (nSPS) is 23.9. The number of nitrogens with zero attached hydrogens (tertiary/aromatic N) is 1. The minimum atomic E-state index is 0.737. The molecule has 2 aliphatic rings. The van der Waals surface area contributed by atoms with Gasteiger partial charge in [-0.1, -0.05) is 45.4 Å². The molecule has 2 heterocycles. The highest BCUT2D eigenvalue weighted by atomic mass is 15.3. The van der Waals surface area contributed by atoms with E-state index in [1.807, 2.05) is 27.7 Å². The summed E-state index contributed by atoms with van der Waals surface area (Å²) in [6.07, 6.45) is 1.33. The first-order chi connectivity index (χ1) is 8.83. The average Bonchev–Trinajstić information content (AvgIpc) is 3.07. The number of rotatable bonds is 1. The van der Waals surface area contributed by atoms with Crippen LogP contribution in [0.1, 0.15) is 39.7 Å². The quantitative estimate of drug-likeness (QED) is 0.817. The van der Waals surface area contributed by atoms with Gasteiger partial charge in [0.05, 0.1) is 0 Å². The Morgan fingerprint density at radius 1 is 1.06 bits per heavy atom. The van der Waals surface area contributed by atoms with Crippen molar-refractivity contribution in [1.29, 1.82) is 0 Å². The molecule has 102 valence electrons. The Morgan fingerprint density at radius 2 is 1.67 bits per heavy atom. The largest absolute Gasteiger partial charge is 0.366 e. The lowest BCUT2D eigenvalue weighted by Gasteiger charge is -2.29. The van der Waals surface area contributed by atoms with Crippen LogP contribution in [0.4, 0.5) is 5.69 Å². The number of aryl methyl sites for hydroxylation is 1. The highest BCUT2D eigenvalue weighted by molar-refractivity contribution is 5.50. The van der Waals surface area contributed by atoms with Crippen LogP contribution in [-0.2, 0) is 0 Å². The van der Waals surface area contributed by atoms with Crippen molar-refractivity contribution < 1.29 is 0 Å². The fourth-order valence-electron chi connectivity index (χ4n) is 2.61. The van der Waals surface area contributed by atoms with Crippen LogP contribution in [0.3, 0.4) is 0 Å². The number of anilines is 1. The van der Waals surface area contributed by atoms with Gasteiger partial charge in [-0.05, 0) is 25.5 Å². The minimum absolute atomic E-state index is 0.737. The second-order valence-electron chi connectivity index (χ2n) is 4.48. The molecule has 0 radical (unpaired) electrons. The van der Waals surface area contributed by atoms with Gasteiger partial charge in [0, 0.05) is 30.9 Å². The lowest BCUT2D eigenvalue weighted by atomic mass is 10.2. The molecule has 2 saturated heterocycles. The van der Waals surface area contributed by atoms with Crippen molar-refractivity contribution in [2.24, 2.45) is 0 Å². The Kier molecular flexibility index (Phi) is 6.20. The molecule has 2 aliphatic heterocycles. The first-order valence-corrected chi connectivity index (χ1v) is 7.39. The molecule has 1 N–H and O–H groups in total. The molecule has 2 nitrogen and oxygen atoms in total.